The molecule has 0 amide bonds. The lowest BCUT2D eigenvalue weighted by atomic mass is 9.58. The van der Waals surface area contributed by atoms with Crippen molar-refractivity contribution in [2.24, 2.45) is 5.92 Å². The van der Waals surface area contributed by atoms with Gasteiger partial charge in [0.05, 0.1) is 33.2 Å². The second-order valence-corrected chi connectivity index (χ2v) is 16.7. The fourth-order valence-electron chi connectivity index (χ4n) is 10.3. The van der Waals surface area contributed by atoms with Crippen molar-refractivity contribution in [2.45, 2.75) is 15.6 Å². The maximum absolute atomic E-state index is 5.25. The first-order chi connectivity index (χ1) is 28.8. The fraction of sp³-hybridized carbons (Fsp3) is 0.0577. The van der Waals surface area contributed by atoms with Gasteiger partial charge in [0.25, 0.3) is 0 Å². The first-order valence-corrected chi connectivity index (χ1v) is 20.7. The van der Waals surface area contributed by atoms with E-state index in [1.807, 2.05) is 48.2 Å². The average Bonchev–Trinajstić information content (AvgIpc) is 3.81. The smallest absolute Gasteiger partial charge is 0.238 e. The zero-order valence-electron chi connectivity index (χ0n) is 31.2. The minimum Gasteiger partial charge on any atom is -0.309 e. The van der Waals surface area contributed by atoms with E-state index in [0.717, 1.165) is 22.2 Å². The van der Waals surface area contributed by atoms with Crippen LogP contribution in [0.15, 0.2) is 193 Å². The number of rotatable bonds is 3. The Hall–Kier alpha value is -7.02. The summed E-state index contributed by atoms with van der Waals surface area (Å²) < 4.78 is 4.79. The monoisotopic (exact) mass is 759 g/mol. The number of fused-ring (bicyclic) bond motifs is 14. The molecule has 3 aromatic heterocycles. The summed E-state index contributed by atoms with van der Waals surface area (Å²) >= 11 is 1.98. The highest BCUT2D eigenvalue weighted by atomic mass is 32.2. The lowest BCUT2D eigenvalue weighted by Crippen LogP contribution is -2.47. The average molecular weight is 760 g/mol. The molecule has 0 radical (unpaired) electrons. The Morgan fingerprint density at radius 1 is 0.466 bits per heavy atom. The molecule has 7 aromatic carbocycles. The van der Waals surface area contributed by atoms with Crippen LogP contribution in [0.5, 0.6) is 0 Å². The lowest BCUT2D eigenvalue weighted by molar-refractivity contribution is 0.438. The van der Waals surface area contributed by atoms with Crippen molar-refractivity contribution >= 4 is 55.4 Å². The number of nitrogens with zero attached hydrogens (tertiary/aromatic N) is 5. The third-order valence-electron chi connectivity index (χ3n) is 12.6. The molecule has 10 aromatic rings. The molecule has 6 heteroatoms. The molecule has 58 heavy (non-hydrogen) atoms. The molecule has 0 saturated heterocycles. The topological polar surface area (TPSA) is 48.5 Å². The van der Waals surface area contributed by atoms with Gasteiger partial charge in [0.1, 0.15) is 0 Å². The van der Waals surface area contributed by atoms with Crippen LogP contribution < -0.4 is 0 Å². The number of hydrogen-bond acceptors (Lipinski definition) is 4. The van der Waals surface area contributed by atoms with Gasteiger partial charge in [-0.15, -0.1) is 11.8 Å². The summed E-state index contributed by atoms with van der Waals surface area (Å²) in [7, 11) is 0. The van der Waals surface area contributed by atoms with Crippen LogP contribution in [0.4, 0.5) is 0 Å². The summed E-state index contributed by atoms with van der Waals surface area (Å²) in [6.07, 6.45) is 9.39. The minimum absolute atomic E-state index is 0.185. The summed E-state index contributed by atoms with van der Waals surface area (Å²) in [5.41, 5.74) is 11.4. The van der Waals surface area contributed by atoms with Gasteiger partial charge in [0, 0.05) is 48.7 Å². The molecule has 5 nitrogen and oxygen atoms in total. The molecule has 3 unspecified atom stereocenters. The molecular formula is C52H33N5S. The molecule has 272 valence electrons. The third-order valence-corrected chi connectivity index (χ3v) is 13.9. The molecule has 0 bridgehead atoms. The summed E-state index contributed by atoms with van der Waals surface area (Å²) in [4.78, 5) is 16.8. The van der Waals surface area contributed by atoms with E-state index in [1.54, 1.807) is 0 Å². The highest BCUT2D eigenvalue weighted by Gasteiger charge is 2.54. The van der Waals surface area contributed by atoms with Crippen molar-refractivity contribution < 1.29 is 0 Å². The van der Waals surface area contributed by atoms with Crippen molar-refractivity contribution in [3.05, 3.63) is 205 Å². The van der Waals surface area contributed by atoms with Crippen molar-refractivity contribution in [3.8, 4) is 34.4 Å². The minimum atomic E-state index is -0.460. The Morgan fingerprint density at radius 2 is 1.07 bits per heavy atom. The van der Waals surface area contributed by atoms with Gasteiger partial charge in [-0.2, -0.15) is 9.97 Å². The molecule has 13 rings (SSSR count). The predicted octanol–water partition coefficient (Wildman–Crippen LogP) is 12.3. The molecule has 3 atom stereocenters. The summed E-state index contributed by atoms with van der Waals surface area (Å²) in [6, 6.07) is 59.2. The molecule has 0 N–H and O–H groups in total. The molecule has 0 fully saturated rings. The molecule has 1 spiro atoms. The van der Waals surface area contributed by atoms with E-state index in [0.29, 0.717) is 17.6 Å². The number of aromatic nitrogens is 5. The second kappa shape index (κ2) is 12.0. The second-order valence-electron chi connectivity index (χ2n) is 15.5. The van der Waals surface area contributed by atoms with E-state index in [9.17, 15) is 0 Å². The zero-order chi connectivity index (χ0) is 38.0. The largest absolute Gasteiger partial charge is 0.309 e. The number of allylic oxidation sites excluding steroid dienone is 3. The van der Waals surface area contributed by atoms with Gasteiger partial charge in [-0.1, -0.05) is 158 Å². The Morgan fingerprint density at radius 3 is 1.83 bits per heavy atom. The summed E-state index contributed by atoms with van der Waals surface area (Å²) in [5.74, 6) is 2.08. The Balaban J connectivity index is 1.15. The predicted molar refractivity (Wildman–Crippen MR) is 237 cm³/mol. The number of para-hydroxylation sites is 4. The molecular weight excluding hydrogens is 727 g/mol. The molecule has 1 aliphatic carbocycles. The summed E-state index contributed by atoms with van der Waals surface area (Å²) in [6.45, 7) is 0. The molecule has 0 saturated carbocycles. The standard InChI is InChI=1S/C52H33N5S/c1-3-16-32(17-4-1)49-53-50(33-18-5-2-6-19-33)55-51(54-49)57-43-27-12-8-21-35(43)37-30-41-47(31-45(37)57)58-46-29-14-10-24-39(46)52(41)38-23-9-13-28-44(38)56-42-26-11-7-20-34(42)36-22-15-25-40(52)48(36)56/h1-31,39,46H. The van der Waals surface area contributed by atoms with E-state index in [1.165, 1.54) is 59.9 Å². The van der Waals surface area contributed by atoms with E-state index >= 15 is 0 Å². The maximum Gasteiger partial charge on any atom is 0.238 e. The van der Waals surface area contributed by atoms with E-state index < -0.39 is 5.41 Å². The van der Waals surface area contributed by atoms with Crippen molar-refractivity contribution in [1.29, 1.82) is 0 Å². The van der Waals surface area contributed by atoms with Gasteiger partial charge in [-0.25, -0.2) is 4.98 Å². The van der Waals surface area contributed by atoms with Gasteiger partial charge in [0.2, 0.25) is 5.95 Å². The van der Waals surface area contributed by atoms with E-state index in [-0.39, 0.29) is 11.2 Å². The van der Waals surface area contributed by atoms with Gasteiger partial charge in [0.15, 0.2) is 11.6 Å². The van der Waals surface area contributed by atoms with Crippen LogP contribution in [-0.2, 0) is 5.41 Å². The van der Waals surface area contributed by atoms with E-state index in [2.05, 4.69) is 161 Å². The van der Waals surface area contributed by atoms with Crippen molar-refractivity contribution in [3.63, 3.8) is 0 Å². The third kappa shape index (κ3) is 4.24. The van der Waals surface area contributed by atoms with Crippen LogP contribution in [0.2, 0.25) is 0 Å². The fourth-order valence-corrected chi connectivity index (χ4v) is 11.7. The highest BCUT2D eigenvalue weighted by molar-refractivity contribution is 8.00. The Bertz CT molecular complexity index is 3340. The molecule has 3 aliphatic rings. The first kappa shape index (κ1) is 32.1. The van der Waals surface area contributed by atoms with Gasteiger partial charge in [-0.3, -0.25) is 4.57 Å². The quantitative estimate of drug-likeness (QED) is 0.180. The Kier molecular flexibility index (Phi) is 6.64. The lowest BCUT2D eigenvalue weighted by Gasteiger charge is -2.51. The molecule has 5 heterocycles. The van der Waals surface area contributed by atoms with Gasteiger partial charge < -0.3 is 4.57 Å². The van der Waals surface area contributed by atoms with Crippen LogP contribution in [0.3, 0.4) is 0 Å². The van der Waals surface area contributed by atoms with Crippen molar-refractivity contribution in [2.75, 3.05) is 0 Å². The number of thioether (sulfide) groups is 1. The Labute approximate surface area is 338 Å². The molecule has 2 aliphatic heterocycles. The maximum atomic E-state index is 5.25. The summed E-state index contributed by atoms with van der Waals surface area (Å²) in [5, 5.41) is 5.15. The van der Waals surface area contributed by atoms with Crippen LogP contribution in [-0.4, -0.2) is 29.3 Å². The normalized spacial score (nSPS) is 18.9. The van der Waals surface area contributed by atoms with E-state index in [4.69, 9.17) is 15.0 Å². The van der Waals surface area contributed by atoms with Crippen LogP contribution >= 0.6 is 11.8 Å². The SMILES string of the molecule is C1=CC2Sc3cc4c(cc3C3(c5ccccc5-n5c6ccccc6c6cccc3c65)C2C=C1)c1ccccc1n4-c1nc(-c2ccccc2)nc(-c2ccccc2)n1. The number of benzene rings is 7. The van der Waals surface area contributed by atoms with Gasteiger partial charge in [-0.05, 0) is 47.0 Å². The zero-order valence-corrected chi connectivity index (χ0v) is 32.0. The van der Waals surface area contributed by atoms with Crippen LogP contribution in [0.25, 0.3) is 78.0 Å². The van der Waals surface area contributed by atoms with Crippen LogP contribution in [0.1, 0.15) is 16.7 Å². The number of hydrogen-bond donors (Lipinski definition) is 0. The van der Waals surface area contributed by atoms with Crippen molar-refractivity contribution in [1.82, 2.24) is 24.1 Å². The highest BCUT2D eigenvalue weighted by Crippen LogP contribution is 2.62. The van der Waals surface area contributed by atoms with Gasteiger partial charge >= 0.3 is 0 Å². The van der Waals surface area contributed by atoms with Crippen LogP contribution in [0, 0.1) is 5.92 Å². The first-order valence-electron chi connectivity index (χ1n) is 19.9.